The average molecular weight is 380 g/mol. The summed E-state index contributed by atoms with van der Waals surface area (Å²) in [6.45, 7) is 0. The van der Waals surface area contributed by atoms with Gasteiger partial charge in [0.05, 0.1) is 11.1 Å². The topological polar surface area (TPSA) is 83.6 Å². The van der Waals surface area contributed by atoms with Crippen LogP contribution in [0.4, 0.5) is 0 Å². The molecule has 28 heavy (non-hydrogen) atoms. The van der Waals surface area contributed by atoms with Crippen molar-refractivity contribution in [1.29, 1.82) is 0 Å². The van der Waals surface area contributed by atoms with Gasteiger partial charge in [-0.2, -0.15) is 0 Å². The highest BCUT2D eigenvalue weighted by atomic mass is 16.2. The van der Waals surface area contributed by atoms with Gasteiger partial charge in [0.2, 0.25) is 11.8 Å². The molecular formula is C22H24N2O4. The molecule has 146 valence electrons. The number of hydrogen-bond donors (Lipinski definition) is 1. The molecule has 4 amide bonds. The summed E-state index contributed by atoms with van der Waals surface area (Å²) < 4.78 is 0. The Balaban J connectivity index is 1.43. The van der Waals surface area contributed by atoms with Crippen molar-refractivity contribution < 1.29 is 19.2 Å². The summed E-state index contributed by atoms with van der Waals surface area (Å²) in [5.74, 6) is -1.40. The molecule has 3 fully saturated rings. The zero-order chi connectivity index (χ0) is 19.5. The Morgan fingerprint density at radius 3 is 2.43 bits per heavy atom. The van der Waals surface area contributed by atoms with Crippen LogP contribution in [0.2, 0.25) is 0 Å². The van der Waals surface area contributed by atoms with Gasteiger partial charge in [-0.05, 0) is 55.1 Å². The molecule has 2 aliphatic heterocycles. The number of amides is 4. The van der Waals surface area contributed by atoms with E-state index in [1.807, 2.05) is 12.1 Å². The fourth-order valence-corrected chi connectivity index (χ4v) is 5.80. The Kier molecular flexibility index (Phi) is 3.93. The number of carbonyl (C=O) groups excluding carboxylic acids is 4. The van der Waals surface area contributed by atoms with Crippen LogP contribution in [0.3, 0.4) is 0 Å². The molecule has 2 saturated carbocycles. The van der Waals surface area contributed by atoms with E-state index in [0.29, 0.717) is 22.5 Å². The monoisotopic (exact) mass is 380 g/mol. The lowest BCUT2D eigenvalue weighted by Crippen LogP contribution is -2.54. The second kappa shape index (κ2) is 6.26. The van der Waals surface area contributed by atoms with E-state index in [9.17, 15) is 19.2 Å². The highest BCUT2D eigenvalue weighted by Crippen LogP contribution is 2.59. The van der Waals surface area contributed by atoms with Crippen molar-refractivity contribution >= 4 is 23.6 Å². The SMILES string of the molecule is O=C1CCC(N2C(=O)c3cccc(C4CC5(CCCCC5)C4)c3C2=O)C(=O)N1. The van der Waals surface area contributed by atoms with Crippen molar-refractivity contribution in [3.05, 3.63) is 34.9 Å². The Labute approximate surface area is 163 Å². The quantitative estimate of drug-likeness (QED) is 0.800. The maximum absolute atomic E-state index is 13.2. The van der Waals surface area contributed by atoms with Gasteiger partial charge in [0.15, 0.2) is 0 Å². The molecule has 1 N–H and O–H groups in total. The molecule has 1 aromatic rings. The molecule has 1 saturated heterocycles. The van der Waals surface area contributed by atoms with Crippen molar-refractivity contribution in [2.24, 2.45) is 5.41 Å². The van der Waals surface area contributed by atoms with Gasteiger partial charge in [-0.3, -0.25) is 29.4 Å². The van der Waals surface area contributed by atoms with Crippen molar-refractivity contribution in [2.75, 3.05) is 0 Å². The molecule has 6 nitrogen and oxygen atoms in total. The molecule has 1 aromatic carbocycles. The Morgan fingerprint density at radius 1 is 0.964 bits per heavy atom. The zero-order valence-corrected chi connectivity index (χ0v) is 15.8. The fourth-order valence-electron chi connectivity index (χ4n) is 5.80. The number of carbonyl (C=O) groups is 4. The van der Waals surface area contributed by atoms with Crippen LogP contribution in [-0.2, 0) is 9.59 Å². The van der Waals surface area contributed by atoms with Crippen LogP contribution in [0.25, 0.3) is 0 Å². The van der Waals surface area contributed by atoms with Gasteiger partial charge < -0.3 is 0 Å². The average Bonchev–Trinajstić information content (AvgIpc) is 2.92. The summed E-state index contributed by atoms with van der Waals surface area (Å²) in [5.41, 5.74) is 2.27. The maximum atomic E-state index is 13.2. The molecule has 4 aliphatic rings. The molecule has 1 unspecified atom stereocenters. The molecule has 2 heterocycles. The van der Waals surface area contributed by atoms with Gasteiger partial charge in [0.1, 0.15) is 6.04 Å². The predicted octanol–water partition coefficient (Wildman–Crippen LogP) is 2.92. The van der Waals surface area contributed by atoms with E-state index in [1.54, 1.807) is 6.07 Å². The van der Waals surface area contributed by atoms with E-state index >= 15 is 0 Å². The summed E-state index contributed by atoms with van der Waals surface area (Å²) in [6.07, 6.45) is 8.95. The second-order valence-electron chi connectivity index (χ2n) is 8.88. The first-order valence-electron chi connectivity index (χ1n) is 10.3. The number of nitrogens with zero attached hydrogens (tertiary/aromatic N) is 1. The molecule has 1 spiro atoms. The van der Waals surface area contributed by atoms with Gasteiger partial charge in [-0.1, -0.05) is 31.4 Å². The number of rotatable bonds is 2. The third kappa shape index (κ3) is 2.54. The van der Waals surface area contributed by atoms with Gasteiger partial charge in [-0.25, -0.2) is 0 Å². The predicted molar refractivity (Wildman–Crippen MR) is 101 cm³/mol. The van der Waals surface area contributed by atoms with Crippen molar-refractivity contribution in [3.63, 3.8) is 0 Å². The summed E-state index contributed by atoms with van der Waals surface area (Å²) in [5, 5.41) is 2.25. The summed E-state index contributed by atoms with van der Waals surface area (Å²) in [4.78, 5) is 50.9. The number of benzene rings is 1. The number of fused-ring (bicyclic) bond motifs is 1. The highest BCUT2D eigenvalue weighted by molar-refractivity contribution is 6.24. The summed E-state index contributed by atoms with van der Waals surface area (Å²) in [6, 6.07) is 4.60. The van der Waals surface area contributed by atoms with Crippen LogP contribution >= 0.6 is 0 Å². The number of piperidine rings is 1. The molecule has 0 radical (unpaired) electrons. The van der Waals surface area contributed by atoms with Gasteiger partial charge in [-0.15, -0.1) is 0 Å². The lowest BCUT2D eigenvalue weighted by molar-refractivity contribution is -0.136. The zero-order valence-electron chi connectivity index (χ0n) is 15.8. The van der Waals surface area contributed by atoms with Crippen LogP contribution in [0, 0.1) is 5.41 Å². The standard InChI is InChI=1S/C22H24N2O4/c25-17-8-7-16(19(26)23-17)24-20(27)15-6-4-5-14(18(15)21(24)28)13-11-22(12-13)9-2-1-3-10-22/h4-6,13,16H,1-3,7-12H2,(H,23,25,26). The van der Waals surface area contributed by atoms with Crippen LogP contribution in [0.15, 0.2) is 18.2 Å². The third-order valence-electron chi connectivity index (χ3n) is 7.21. The first-order chi connectivity index (χ1) is 13.5. The third-order valence-corrected chi connectivity index (χ3v) is 7.21. The molecular weight excluding hydrogens is 356 g/mol. The molecule has 0 aromatic heterocycles. The van der Waals surface area contributed by atoms with E-state index in [2.05, 4.69) is 5.32 Å². The van der Waals surface area contributed by atoms with Crippen LogP contribution < -0.4 is 5.32 Å². The van der Waals surface area contributed by atoms with Crippen LogP contribution in [-0.4, -0.2) is 34.6 Å². The largest absolute Gasteiger partial charge is 0.295 e. The normalized spacial score (nSPS) is 27.0. The summed E-state index contributed by atoms with van der Waals surface area (Å²) >= 11 is 0. The minimum absolute atomic E-state index is 0.141. The van der Waals surface area contributed by atoms with E-state index in [-0.39, 0.29) is 24.7 Å². The fraction of sp³-hybridized carbons (Fsp3) is 0.545. The Bertz CT molecular complexity index is 892. The van der Waals surface area contributed by atoms with Crippen LogP contribution in [0.5, 0.6) is 0 Å². The lowest BCUT2D eigenvalue weighted by atomic mass is 9.54. The number of hydrogen-bond acceptors (Lipinski definition) is 4. The number of nitrogens with one attached hydrogen (secondary N) is 1. The van der Waals surface area contributed by atoms with Crippen molar-refractivity contribution in [1.82, 2.24) is 10.2 Å². The molecule has 6 heteroatoms. The Hall–Kier alpha value is -2.50. The Morgan fingerprint density at radius 2 is 1.71 bits per heavy atom. The van der Waals surface area contributed by atoms with Gasteiger partial charge in [0, 0.05) is 6.42 Å². The second-order valence-corrected chi connectivity index (χ2v) is 8.88. The first-order valence-corrected chi connectivity index (χ1v) is 10.3. The first kappa shape index (κ1) is 17.6. The van der Waals surface area contributed by atoms with E-state index in [0.717, 1.165) is 23.3 Å². The summed E-state index contributed by atoms with van der Waals surface area (Å²) in [7, 11) is 0. The molecule has 0 bridgehead atoms. The highest BCUT2D eigenvalue weighted by Gasteiger charge is 2.50. The van der Waals surface area contributed by atoms with Crippen molar-refractivity contribution in [2.45, 2.75) is 69.7 Å². The number of imide groups is 2. The minimum atomic E-state index is -0.899. The van der Waals surface area contributed by atoms with Crippen molar-refractivity contribution in [3.8, 4) is 0 Å². The maximum Gasteiger partial charge on any atom is 0.262 e. The van der Waals surface area contributed by atoms with E-state index in [4.69, 9.17) is 0 Å². The molecule has 5 rings (SSSR count). The molecule has 2 aliphatic carbocycles. The van der Waals surface area contributed by atoms with E-state index in [1.165, 1.54) is 32.1 Å². The lowest BCUT2D eigenvalue weighted by Gasteiger charge is -2.51. The van der Waals surface area contributed by atoms with Gasteiger partial charge in [0.25, 0.3) is 11.8 Å². The van der Waals surface area contributed by atoms with Crippen LogP contribution in [0.1, 0.15) is 90.0 Å². The minimum Gasteiger partial charge on any atom is -0.295 e. The van der Waals surface area contributed by atoms with E-state index < -0.39 is 17.9 Å². The molecule has 1 atom stereocenters. The van der Waals surface area contributed by atoms with Gasteiger partial charge >= 0.3 is 0 Å². The smallest absolute Gasteiger partial charge is 0.262 e.